The van der Waals surface area contributed by atoms with Gasteiger partial charge in [-0.3, -0.25) is 4.79 Å². The van der Waals surface area contributed by atoms with Crippen LogP contribution in [0.4, 0.5) is 0 Å². The first-order valence-corrected chi connectivity index (χ1v) is 8.58. The van der Waals surface area contributed by atoms with E-state index < -0.39 is 17.9 Å². The maximum Gasteiger partial charge on any atom is 0.343 e. The predicted molar refractivity (Wildman–Crippen MR) is 105 cm³/mol. The zero-order valence-corrected chi connectivity index (χ0v) is 16.7. The van der Waals surface area contributed by atoms with E-state index in [0.29, 0.717) is 22.8 Å². The smallest absolute Gasteiger partial charge is 0.343 e. The van der Waals surface area contributed by atoms with Crippen LogP contribution < -0.4 is 35.2 Å². The Morgan fingerprint density at radius 2 is 1.45 bits per heavy atom. The van der Waals surface area contributed by atoms with Crippen LogP contribution in [0.15, 0.2) is 30.3 Å². The Hall–Kier alpha value is -3.46. The van der Waals surface area contributed by atoms with Crippen LogP contribution in [0.2, 0.25) is 0 Å². The van der Waals surface area contributed by atoms with Crippen molar-refractivity contribution in [2.75, 3.05) is 28.4 Å². The number of hydrogen-bond donors (Lipinski definition) is 2. The van der Waals surface area contributed by atoms with Crippen LogP contribution in [-0.4, -0.2) is 40.3 Å². The van der Waals surface area contributed by atoms with Crippen LogP contribution in [0.5, 0.6) is 28.7 Å². The van der Waals surface area contributed by atoms with Crippen molar-refractivity contribution < 1.29 is 33.3 Å². The van der Waals surface area contributed by atoms with Crippen molar-refractivity contribution in [2.45, 2.75) is 12.5 Å². The van der Waals surface area contributed by atoms with Gasteiger partial charge in [-0.15, -0.1) is 0 Å². The fraction of sp³-hybridized carbons (Fsp3) is 0.300. The number of ether oxygens (including phenoxy) is 5. The monoisotopic (exact) mass is 404 g/mol. The molecule has 1 atom stereocenters. The molecule has 0 bridgehead atoms. The second kappa shape index (κ2) is 9.65. The number of methoxy groups -OCH3 is 4. The molecule has 1 amide bonds. The molecule has 2 aromatic rings. The quantitative estimate of drug-likeness (QED) is 0.478. The van der Waals surface area contributed by atoms with Crippen molar-refractivity contribution in [1.82, 2.24) is 0 Å². The third-order valence-electron chi connectivity index (χ3n) is 4.14. The van der Waals surface area contributed by atoms with Gasteiger partial charge in [0.2, 0.25) is 11.7 Å². The maximum absolute atomic E-state index is 12.7. The van der Waals surface area contributed by atoms with E-state index >= 15 is 0 Å². The molecule has 156 valence electrons. The molecule has 0 aliphatic carbocycles. The molecule has 0 fully saturated rings. The zero-order valence-electron chi connectivity index (χ0n) is 16.7. The number of hydrogen-bond acceptors (Lipinski definition) is 8. The highest BCUT2D eigenvalue weighted by Crippen LogP contribution is 2.39. The van der Waals surface area contributed by atoms with Crippen molar-refractivity contribution in [3.8, 4) is 28.7 Å². The lowest BCUT2D eigenvalue weighted by Gasteiger charge is -2.16. The molecule has 0 spiro atoms. The van der Waals surface area contributed by atoms with Gasteiger partial charge < -0.3 is 35.2 Å². The molecule has 0 aromatic heterocycles. The lowest BCUT2D eigenvalue weighted by Crippen LogP contribution is -2.20. The van der Waals surface area contributed by atoms with Gasteiger partial charge in [0, 0.05) is 12.5 Å². The fourth-order valence-corrected chi connectivity index (χ4v) is 2.69. The summed E-state index contributed by atoms with van der Waals surface area (Å²) in [7, 11) is 5.79. The van der Waals surface area contributed by atoms with E-state index in [1.165, 1.54) is 46.6 Å². The Bertz CT molecular complexity index is 873. The first kappa shape index (κ1) is 21.8. The second-order valence-corrected chi connectivity index (χ2v) is 5.99. The predicted octanol–water partition coefficient (Wildman–Crippen LogP) is 1.82. The molecule has 0 radical (unpaired) electrons. The van der Waals surface area contributed by atoms with Crippen LogP contribution >= 0.6 is 0 Å². The molecule has 29 heavy (non-hydrogen) atoms. The number of rotatable bonds is 9. The molecule has 9 heteroatoms. The third-order valence-corrected chi connectivity index (χ3v) is 4.14. The number of amides is 1. The molecule has 2 aromatic carbocycles. The number of primary amides is 1. The van der Waals surface area contributed by atoms with Crippen LogP contribution in [0.3, 0.4) is 0 Å². The van der Waals surface area contributed by atoms with Crippen molar-refractivity contribution >= 4 is 11.9 Å². The standard InChI is InChI=1S/C20H24N2O7/c1-25-15-7-11(13(21)10-18(22)23)5-6-14(15)29-20(24)12-8-16(26-2)19(28-4)17(9-12)27-3/h5-9,13H,10,21H2,1-4H3,(H2,22,23). The summed E-state index contributed by atoms with van der Waals surface area (Å²) in [6, 6.07) is 7.12. The van der Waals surface area contributed by atoms with E-state index in [4.69, 9.17) is 35.2 Å². The molecule has 0 aliphatic heterocycles. The number of carbonyl (C=O) groups is 2. The lowest BCUT2D eigenvalue weighted by atomic mass is 10.0. The average Bonchev–Trinajstić information content (AvgIpc) is 2.72. The minimum Gasteiger partial charge on any atom is -0.493 e. The zero-order chi connectivity index (χ0) is 21.6. The van der Waals surface area contributed by atoms with Gasteiger partial charge in [-0.1, -0.05) is 6.07 Å². The summed E-state index contributed by atoms with van der Waals surface area (Å²) in [5.41, 5.74) is 11.9. The van der Waals surface area contributed by atoms with Gasteiger partial charge >= 0.3 is 5.97 Å². The second-order valence-electron chi connectivity index (χ2n) is 5.99. The van der Waals surface area contributed by atoms with Crippen molar-refractivity contribution in [1.29, 1.82) is 0 Å². The average molecular weight is 404 g/mol. The minimum absolute atomic E-state index is 0.0201. The third kappa shape index (κ3) is 5.08. The summed E-state index contributed by atoms with van der Waals surface area (Å²) >= 11 is 0. The first-order valence-electron chi connectivity index (χ1n) is 8.58. The molecule has 4 N–H and O–H groups in total. The van der Waals surface area contributed by atoms with Crippen LogP contribution in [-0.2, 0) is 4.79 Å². The number of benzene rings is 2. The highest BCUT2D eigenvalue weighted by atomic mass is 16.6. The topological polar surface area (TPSA) is 132 Å². The normalized spacial score (nSPS) is 11.3. The summed E-state index contributed by atoms with van der Waals surface area (Å²) in [5.74, 6) is 0.282. The van der Waals surface area contributed by atoms with E-state index in [1.807, 2.05) is 0 Å². The van der Waals surface area contributed by atoms with Crippen LogP contribution in [0, 0.1) is 0 Å². The van der Waals surface area contributed by atoms with Crippen molar-refractivity contribution in [3.63, 3.8) is 0 Å². The highest BCUT2D eigenvalue weighted by molar-refractivity contribution is 5.93. The van der Waals surface area contributed by atoms with Gasteiger partial charge in [0.25, 0.3) is 0 Å². The van der Waals surface area contributed by atoms with E-state index in [-0.39, 0.29) is 23.5 Å². The molecule has 0 saturated carbocycles. The van der Waals surface area contributed by atoms with Gasteiger partial charge in [0.05, 0.1) is 34.0 Å². The number of esters is 1. The molecular weight excluding hydrogens is 380 g/mol. The number of nitrogens with two attached hydrogens (primary N) is 2. The minimum atomic E-state index is -0.656. The van der Waals surface area contributed by atoms with Crippen molar-refractivity contribution in [3.05, 3.63) is 41.5 Å². The van der Waals surface area contributed by atoms with Gasteiger partial charge in [-0.25, -0.2) is 4.79 Å². The Morgan fingerprint density at radius 1 is 0.862 bits per heavy atom. The molecule has 0 aliphatic rings. The summed E-state index contributed by atoms with van der Waals surface area (Å²) in [6.07, 6.45) is -0.0201. The highest BCUT2D eigenvalue weighted by Gasteiger charge is 2.20. The maximum atomic E-state index is 12.7. The molecule has 0 saturated heterocycles. The van der Waals surface area contributed by atoms with Gasteiger partial charge in [0.15, 0.2) is 23.0 Å². The first-order chi connectivity index (χ1) is 13.8. The van der Waals surface area contributed by atoms with Crippen LogP contribution in [0.1, 0.15) is 28.4 Å². The van der Waals surface area contributed by atoms with Gasteiger partial charge in [-0.2, -0.15) is 0 Å². The summed E-state index contributed by atoms with van der Waals surface area (Å²) < 4.78 is 26.5. The van der Waals surface area contributed by atoms with E-state index in [9.17, 15) is 9.59 Å². The summed E-state index contributed by atoms with van der Waals surface area (Å²) in [6.45, 7) is 0. The summed E-state index contributed by atoms with van der Waals surface area (Å²) in [5, 5.41) is 0. The van der Waals surface area contributed by atoms with Gasteiger partial charge in [0.1, 0.15) is 0 Å². The molecular formula is C20H24N2O7. The Kier molecular flexibility index (Phi) is 7.27. The SMILES string of the molecule is COc1cc(C(N)CC(N)=O)ccc1OC(=O)c1cc(OC)c(OC)c(OC)c1. The van der Waals surface area contributed by atoms with Crippen LogP contribution in [0.25, 0.3) is 0 Å². The lowest BCUT2D eigenvalue weighted by molar-refractivity contribution is -0.118. The largest absolute Gasteiger partial charge is 0.493 e. The number of carbonyl (C=O) groups excluding carboxylic acids is 2. The Labute approximate surface area is 168 Å². The molecule has 1 unspecified atom stereocenters. The van der Waals surface area contributed by atoms with E-state index in [1.54, 1.807) is 12.1 Å². The van der Waals surface area contributed by atoms with Gasteiger partial charge in [-0.05, 0) is 29.8 Å². The molecule has 2 rings (SSSR count). The Morgan fingerprint density at radius 3 is 1.93 bits per heavy atom. The Balaban J connectivity index is 2.32. The van der Waals surface area contributed by atoms with E-state index in [2.05, 4.69) is 0 Å². The van der Waals surface area contributed by atoms with Crippen molar-refractivity contribution in [2.24, 2.45) is 11.5 Å². The fourth-order valence-electron chi connectivity index (χ4n) is 2.69. The van der Waals surface area contributed by atoms with E-state index in [0.717, 1.165) is 0 Å². The summed E-state index contributed by atoms with van der Waals surface area (Å²) in [4.78, 5) is 23.7. The molecule has 9 nitrogen and oxygen atoms in total. The molecule has 0 heterocycles.